The molecule has 0 saturated carbocycles. The van der Waals surface area contributed by atoms with Gasteiger partial charge in [0, 0.05) is 24.0 Å². The Bertz CT molecular complexity index is 915. The fourth-order valence-corrected chi connectivity index (χ4v) is 2.65. The van der Waals surface area contributed by atoms with Gasteiger partial charge in [-0.25, -0.2) is 9.78 Å². The maximum Gasteiger partial charge on any atom is 0.335 e. The van der Waals surface area contributed by atoms with Crippen molar-refractivity contribution < 1.29 is 14.7 Å². The average molecular weight is 323 g/mol. The molecule has 1 amide bonds. The number of hydrogen-bond donors (Lipinski definition) is 2. The van der Waals surface area contributed by atoms with E-state index in [9.17, 15) is 9.59 Å². The summed E-state index contributed by atoms with van der Waals surface area (Å²) >= 11 is 0. The number of carboxylic acids is 1. The minimum atomic E-state index is -1.02. The molecule has 122 valence electrons. The molecule has 24 heavy (non-hydrogen) atoms. The van der Waals surface area contributed by atoms with Crippen LogP contribution < -0.4 is 5.32 Å². The van der Waals surface area contributed by atoms with Crippen LogP contribution in [0.4, 0.5) is 5.69 Å². The van der Waals surface area contributed by atoms with Crippen LogP contribution >= 0.6 is 0 Å². The van der Waals surface area contributed by atoms with E-state index < -0.39 is 5.97 Å². The monoisotopic (exact) mass is 323 g/mol. The number of carbonyl (C=O) groups excluding carboxylic acids is 1. The van der Waals surface area contributed by atoms with Crippen molar-refractivity contribution in [2.45, 2.75) is 19.8 Å². The number of carboxylic acid groups (broad SMARTS) is 1. The summed E-state index contributed by atoms with van der Waals surface area (Å²) in [6, 6.07) is 12.0. The van der Waals surface area contributed by atoms with Crippen molar-refractivity contribution in [1.29, 1.82) is 0 Å². The third kappa shape index (κ3) is 3.27. The van der Waals surface area contributed by atoms with Crippen LogP contribution in [0.25, 0.3) is 5.65 Å². The molecule has 0 bridgehead atoms. The molecule has 6 heteroatoms. The van der Waals surface area contributed by atoms with E-state index >= 15 is 0 Å². The number of pyridine rings is 1. The van der Waals surface area contributed by atoms with Gasteiger partial charge >= 0.3 is 5.97 Å². The van der Waals surface area contributed by atoms with Crippen molar-refractivity contribution in [1.82, 2.24) is 9.38 Å². The van der Waals surface area contributed by atoms with Gasteiger partial charge in [0.1, 0.15) is 5.65 Å². The molecule has 6 nitrogen and oxygen atoms in total. The van der Waals surface area contributed by atoms with E-state index in [-0.39, 0.29) is 11.5 Å². The molecule has 2 N–H and O–H groups in total. The van der Waals surface area contributed by atoms with Crippen molar-refractivity contribution >= 4 is 23.2 Å². The highest BCUT2D eigenvalue weighted by atomic mass is 16.4. The number of anilines is 1. The van der Waals surface area contributed by atoms with Gasteiger partial charge in [-0.1, -0.05) is 12.1 Å². The molecule has 1 aromatic carbocycles. The van der Waals surface area contributed by atoms with Crippen LogP contribution in [0.15, 0.2) is 48.7 Å². The first-order valence-electron chi connectivity index (χ1n) is 7.60. The van der Waals surface area contributed by atoms with Crippen LogP contribution in [0.2, 0.25) is 0 Å². The first-order chi connectivity index (χ1) is 11.5. The average Bonchev–Trinajstić information content (AvgIpc) is 2.88. The fourth-order valence-electron chi connectivity index (χ4n) is 2.65. The molecule has 2 aromatic heterocycles. The molecule has 0 unspecified atom stereocenters. The third-order valence-corrected chi connectivity index (χ3v) is 3.81. The predicted octanol–water partition coefficient (Wildman–Crippen LogP) is 2.91. The largest absolute Gasteiger partial charge is 0.478 e. The molecular weight excluding hydrogens is 306 g/mol. The Morgan fingerprint density at radius 3 is 2.83 bits per heavy atom. The number of aromatic carboxylic acids is 1. The maximum atomic E-state index is 12.1. The molecule has 0 atom stereocenters. The van der Waals surface area contributed by atoms with Gasteiger partial charge in [-0.15, -0.1) is 0 Å². The zero-order valence-corrected chi connectivity index (χ0v) is 13.2. The second-order valence-corrected chi connectivity index (χ2v) is 5.51. The van der Waals surface area contributed by atoms with Crippen LogP contribution in [0.5, 0.6) is 0 Å². The molecule has 0 radical (unpaired) electrons. The Morgan fingerprint density at radius 1 is 1.21 bits per heavy atom. The summed E-state index contributed by atoms with van der Waals surface area (Å²) in [7, 11) is 0. The van der Waals surface area contributed by atoms with Crippen molar-refractivity contribution in [3.05, 3.63) is 65.6 Å². The zero-order valence-electron chi connectivity index (χ0n) is 13.2. The van der Waals surface area contributed by atoms with Crippen LogP contribution in [0, 0.1) is 6.92 Å². The topological polar surface area (TPSA) is 83.7 Å². The summed E-state index contributed by atoms with van der Waals surface area (Å²) in [6.45, 7) is 1.93. The summed E-state index contributed by atoms with van der Waals surface area (Å²) in [5, 5.41) is 11.7. The molecule has 0 aliphatic carbocycles. The lowest BCUT2D eigenvalue weighted by Crippen LogP contribution is -2.13. The lowest BCUT2D eigenvalue weighted by atomic mass is 10.1. The van der Waals surface area contributed by atoms with Crippen LogP contribution in [0.1, 0.15) is 28.2 Å². The molecular formula is C18H17N3O3. The highest BCUT2D eigenvalue weighted by Crippen LogP contribution is 2.15. The first kappa shape index (κ1) is 15.7. The van der Waals surface area contributed by atoms with Gasteiger partial charge in [-0.3, -0.25) is 4.79 Å². The number of amides is 1. The molecule has 0 fully saturated rings. The van der Waals surface area contributed by atoms with E-state index in [1.807, 2.05) is 35.7 Å². The van der Waals surface area contributed by atoms with Gasteiger partial charge < -0.3 is 14.8 Å². The van der Waals surface area contributed by atoms with Gasteiger partial charge in [0.25, 0.3) is 0 Å². The summed E-state index contributed by atoms with van der Waals surface area (Å²) in [5.74, 6) is -1.18. The number of aryl methyl sites for hydroxylation is 2. The Kier molecular flexibility index (Phi) is 4.29. The van der Waals surface area contributed by atoms with E-state index in [0.29, 0.717) is 18.5 Å². The van der Waals surface area contributed by atoms with Crippen molar-refractivity contribution in [2.24, 2.45) is 0 Å². The molecule has 0 aliphatic heterocycles. The molecule has 0 saturated heterocycles. The lowest BCUT2D eigenvalue weighted by Gasteiger charge is -2.07. The van der Waals surface area contributed by atoms with Crippen molar-refractivity contribution in [3.8, 4) is 0 Å². The Labute approximate surface area is 138 Å². The number of imidazole rings is 1. The molecule has 3 rings (SSSR count). The van der Waals surface area contributed by atoms with E-state index in [2.05, 4.69) is 10.3 Å². The normalized spacial score (nSPS) is 10.7. The SMILES string of the molecule is Cc1nc2ccccn2c1CCC(=O)Nc1cccc(C(=O)O)c1. The van der Waals surface area contributed by atoms with E-state index in [1.54, 1.807) is 12.1 Å². The van der Waals surface area contributed by atoms with Gasteiger partial charge in [-0.2, -0.15) is 0 Å². The number of rotatable bonds is 5. The second-order valence-electron chi connectivity index (χ2n) is 5.51. The minimum absolute atomic E-state index is 0.144. The quantitative estimate of drug-likeness (QED) is 0.756. The Hall–Kier alpha value is -3.15. The minimum Gasteiger partial charge on any atom is -0.478 e. The van der Waals surface area contributed by atoms with E-state index in [4.69, 9.17) is 5.11 Å². The van der Waals surface area contributed by atoms with Crippen LogP contribution in [-0.4, -0.2) is 26.4 Å². The first-order valence-corrected chi connectivity index (χ1v) is 7.60. The van der Waals surface area contributed by atoms with Crippen molar-refractivity contribution in [2.75, 3.05) is 5.32 Å². The summed E-state index contributed by atoms with van der Waals surface area (Å²) < 4.78 is 1.98. The van der Waals surface area contributed by atoms with Crippen molar-refractivity contribution in [3.63, 3.8) is 0 Å². The smallest absolute Gasteiger partial charge is 0.335 e. The van der Waals surface area contributed by atoms with Crippen LogP contribution in [0.3, 0.4) is 0 Å². The lowest BCUT2D eigenvalue weighted by molar-refractivity contribution is -0.116. The number of nitrogens with zero attached hydrogens (tertiary/aromatic N) is 2. The van der Waals surface area contributed by atoms with Crippen LogP contribution in [-0.2, 0) is 11.2 Å². The summed E-state index contributed by atoms with van der Waals surface area (Å²) in [6.07, 6.45) is 2.78. The van der Waals surface area contributed by atoms with Gasteiger partial charge in [0.15, 0.2) is 0 Å². The van der Waals surface area contributed by atoms with E-state index in [1.165, 1.54) is 12.1 Å². The second kappa shape index (κ2) is 6.54. The standard InChI is InChI=1S/C18H17N3O3/c1-12-15(21-10-3-2-7-16(21)19-12)8-9-17(22)20-14-6-4-5-13(11-14)18(23)24/h2-7,10-11H,8-9H2,1H3,(H,20,22)(H,23,24). The maximum absolute atomic E-state index is 12.1. The number of benzene rings is 1. The summed E-state index contributed by atoms with van der Waals surface area (Å²) in [5.41, 5.74) is 3.39. The third-order valence-electron chi connectivity index (χ3n) is 3.81. The van der Waals surface area contributed by atoms with Gasteiger partial charge in [-0.05, 0) is 43.7 Å². The Morgan fingerprint density at radius 2 is 2.04 bits per heavy atom. The number of fused-ring (bicyclic) bond motifs is 1. The molecule has 3 aromatic rings. The summed E-state index contributed by atoms with van der Waals surface area (Å²) in [4.78, 5) is 27.6. The number of carbonyl (C=O) groups is 2. The molecule has 0 spiro atoms. The van der Waals surface area contributed by atoms with E-state index in [0.717, 1.165) is 17.0 Å². The number of nitrogens with one attached hydrogen (secondary N) is 1. The predicted molar refractivity (Wildman–Crippen MR) is 90.3 cm³/mol. The highest BCUT2D eigenvalue weighted by molar-refractivity contribution is 5.93. The highest BCUT2D eigenvalue weighted by Gasteiger charge is 2.11. The molecule has 2 heterocycles. The number of aromatic nitrogens is 2. The Balaban J connectivity index is 1.68. The van der Waals surface area contributed by atoms with Gasteiger partial charge in [0.05, 0.1) is 11.3 Å². The van der Waals surface area contributed by atoms with Gasteiger partial charge in [0.2, 0.25) is 5.91 Å². The fraction of sp³-hybridized carbons (Fsp3) is 0.167. The zero-order chi connectivity index (χ0) is 17.1. The number of hydrogen-bond acceptors (Lipinski definition) is 3. The molecule has 0 aliphatic rings.